The highest BCUT2D eigenvalue weighted by molar-refractivity contribution is 5.70. The van der Waals surface area contributed by atoms with E-state index in [0.29, 0.717) is 48.6 Å². The van der Waals surface area contributed by atoms with Gasteiger partial charge in [0.05, 0.1) is 26.2 Å². The summed E-state index contributed by atoms with van der Waals surface area (Å²) in [6.07, 6.45) is 0.919. The Morgan fingerprint density at radius 2 is 1.79 bits per heavy atom. The van der Waals surface area contributed by atoms with Crippen LogP contribution in [-0.2, 0) is 4.79 Å². The highest BCUT2D eigenvalue weighted by Gasteiger charge is 2.33. The molecule has 0 saturated carbocycles. The van der Waals surface area contributed by atoms with Crippen molar-refractivity contribution < 1.29 is 28.2 Å². The maximum Gasteiger partial charge on any atom is 0.306 e. The van der Waals surface area contributed by atoms with Gasteiger partial charge in [-0.15, -0.1) is 0 Å². The van der Waals surface area contributed by atoms with Gasteiger partial charge in [-0.05, 0) is 50.2 Å². The zero-order valence-corrected chi connectivity index (χ0v) is 15.8. The smallest absolute Gasteiger partial charge is 0.306 e. The lowest BCUT2D eigenvalue weighted by molar-refractivity contribution is -0.143. The van der Waals surface area contributed by atoms with Crippen LogP contribution in [0.15, 0.2) is 36.4 Å². The summed E-state index contributed by atoms with van der Waals surface area (Å²) in [6.45, 7) is 0.942. The van der Waals surface area contributed by atoms with Gasteiger partial charge in [-0.1, -0.05) is 6.07 Å². The molecular weight excluding hydrogens is 368 g/mol. The van der Waals surface area contributed by atoms with E-state index in [2.05, 4.69) is 0 Å². The van der Waals surface area contributed by atoms with Crippen LogP contribution in [0.4, 0.5) is 8.78 Å². The van der Waals surface area contributed by atoms with Gasteiger partial charge in [0.15, 0.2) is 0 Å². The number of likely N-dealkylation sites (tertiary alicyclic amines) is 1. The Labute approximate surface area is 162 Å². The number of carbonyl (C=O) groups is 1. The van der Waals surface area contributed by atoms with Crippen molar-refractivity contribution >= 4 is 5.97 Å². The van der Waals surface area contributed by atoms with Gasteiger partial charge in [0.25, 0.3) is 0 Å². The van der Waals surface area contributed by atoms with Gasteiger partial charge in [-0.3, -0.25) is 9.69 Å². The number of aliphatic carboxylic acids is 1. The van der Waals surface area contributed by atoms with Gasteiger partial charge in [0.1, 0.15) is 23.1 Å². The van der Waals surface area contributed by atoms with E-state index in [4.69, 9.17) is 9.47 Å². The van der Waals surface area contributed by atoms with Crippen LogP contribution in [0.3, 0.4) is 0 Å². The van der Waals surface area contributed by atoms with Crippen molar-refractivity contribution in [1.29, 1.82) is 0 Å². The normalized spacial score (nSPS) is 16.6. The molecule has 28 heavy (non-hydrogen) atoms. The second-order valence-corrected chi connectivity index (χ2v) is 6.82. The molecular formula is C21H23F2NO4. The molecule has 1 unspecified atom stereocenters. The third-order valence-electron chi connectivity index (χ3n) is 5.23. The van der Waals surface area contributed by atoms with Crippen molar-refractivity contribution in [3.63, 3.8) is 0 Å². The summed E-state index contributed by atoms with van der Waals surface area (Å²) < 4.78 is 39.0. The first-order valence-corrected chi connectivity index (χ1v) is 9.08. The third kappa shape index (κ3) is 4.09. The summed E-state index contributed by atoms with van der Waals surface area (Å²) in [5, 5.41) is 9.27. The lowest BCUT2D eigenvalue weighted by atomic mass is 9.90. The van der Waals surface area contributed by atoms with Crippen molar-refractivity contribution in [2.75, 3.05) is 27.3 Å². The van der Waals surface area contributed by atoms with Crippen molar-refractivity contribution in [3.8, 4) is 11.5 Å². The van der Waals surface area contributed by atoms with Gasteiger partial charge in [-0.2, -0.15) is 0 Å². The summed E-state index contributed by atoms with van der Waals surface area (Å²) in [4.78, 5) is 13.3. The largest absolute Gasteiger partial charge is 0.497 e. The lowest BCUT2D eigenvalue weighted by Crippen LogP contribution is -2.39. The molecule has 1 aliphatic rings. The van der Waals surface area contributed by atoms with E-state index >= 15 is 0 Å². The van der Waals surface area contributed by atoms with Crippen LogP contribution in [0.1, 0.15) is 30.0 Å². The highest BCUT2D eigenvalue weighted by atomic mass is 19.1. The molecule has 0 bridgehead atoms. The van der Waals surface area contributed by atoms with E-state index in [9.17, 15) is 18.7 Å². The van der Waals surface area contributed by atoms with Crippen molar-refractivity contribution in [2.24, 2.45) is 5.92 Å². The maximum atomic E-state index is 14.7. The van der Waals surface area contributed by atoms with Crippen molar-refractivity contribution in [1.82, 2.24) is 4.90 Å². The minimum Gasteiger partial charge on any atom is -0.497 e. The van der Waals surface area contributed by atoms with Gasteiger partial charge in [0.2, 0.25) is 0 Å². The van der Waals surface area contributed by atoms with E-state index in [-0.39, 0.29) is 0 Å². The summed E-state index contributed by atoms with van der Waals surface area (Å²) >= 11 is 0. The number of hydrogen-bond acceptors (Lipinski definition) is 4. The number of ether oxygens (including phenoxy) is 2. The number of nitrogens with zero attached hydrogens (tertiary/aromatic N) is 1. The number of piperidine rings is 1. The monoisotopic (exact) mass is 391 g/mol. The second-order valence-electron chi connectivity index (χ2n) is 6.82. The molecule has 1 N–H and O–H groups in total. The highest BCUT2D eigenvalue weighted by Crippen LogP contribution is 2.39. The van der Waals surface area contributed by atoms with Gasteiger partial charge >= 0.3 is 5.97 Å². The Bertz CT molecular complexity index is 850. The fourth-order valence-electron chi connectivity index (χ4n) is 3.74. The summed E-state index contributed by atoms with van der Waals surface area (Å²) in [5.74, 6) is -1.40. The number of carboxylic acid groups (broad SMARTS) is 1. The number of halogens is 2. The molecule has 1 fully saturated rings. The molecule has 0 radical (unpaired) electrons. The molecule has 1 atom stereocenters. The molecule has 3 rings (SSSR count). The Morgan fingerprint density at radius 3 is 2.36 bits per heavy atom. The third-order valence-corrected chi connectivity index (χ3v) is 5.23. The molecule has 1 aliphatic heterocycles. The quantitative estimate of drug-likeness (QED) is 0.810. The van der Waals surface area contributed by atoms with E-state index in [1.54, 1.807) is 18.2 Å². The molecule has 7 heteroatoms. The topological polar surface area (TPSA) is 59.0 Å². The molecule has 150 valence electrons. The van der Waals surface area contributed by atoms with Crippen LogP contribution in [-0.4, -0.2) is 43.3 Å². The molecule has 1 heterocycles. The van der Waals surface area contributed by atoms with Gasteiger partial charge in [0, 0.05) is 17.2 Å². The SMILES string of the molecule is COc1ccc(OC)c(C(c2ccc(F)cc2F)N2CCC(C(=O)O)CC2)c1. The van der Waals surface area contributed by atoms with Crippen LogP contribution in [0.5, 0.6) is 11.5 Å². The molecule has 5 nitrogen and oxygen atoms in total. The predicted molar refractivity (Wildman–Crippen MR) is 99.7 cm³/mol. The minimum absolute atomic E-state index is 0.307. The summed E-state index contributed by atoms with van der Waals surface area (Å²) in [7, 11) is 3.07. The number of methoxy groups -OCH3 is 2. The molecule has 0 amide bonds. The number of rotatable bonds is 6. The zero-order valence-electron chi connectivity index (χ0n) is 15.8. The summed E-state index contributed by atoms with van der Waals surface area (Å²) in [6, 6.07) is 8.22. The minimum atomic E-state index is -0.817. The van der Waals surface area contributed by atoms with Crippen LogP contribution in [0.25, 0.3) is 0 Å². The van der Waals surface area contributed by atoms with E-state index < -0.39 is 29.6 Å². The Morgan fingerprint density at radius 1 is 1.07 bits per heavy atom. The first kappa shape index (κ1) is 20.1. The number of carboxylic acids is 1. The Hall–Kier alpha value is -2.67. The van der Waals surface area contributed by atoms with Crippen LogP contribution in [0.2, 0.25) is 0 Å². The summed E-state index contributed by atoms with van der Waals surface area (Å²) in [5.41, 5.74) is 0.989. The first-order valence-electron chi connectivity index (χ1n) is 9.08. The molecule has 0 aliphatic carbocycles. The van der Waals surface area contributed by atoms with Crippen LogP contribution >= 0.6 is 0 Å². The fraction of sp³-hybridized carbons (Fsp3) is 0.381. The number of benzene rings is 2. The van der Waals surface area contributed by atoms with Crippen LogP contribution < -0.4 is 9.47 Å². The van der Waals surface area contributed by atoms with E-state index in [1.165, 1.54) is 26.4 Å². The predicted octanol–water partition coefficient (Wildman–Crippen LogP) is 3.87. The van der Waals surface area contributed by atoms with Crippen molar-refractivity contribution in [2.45, 2.75) is 18.9 Å². The molecule has 0 aromatic heterocycles. The Balaban J connectivity index is 2.07. The second kappa shape index (κ2) is 8.56. The average molecular weight is 391 g/mol. The van der Waals surface area contributed by atoms with E-state index in [1.807, 2.05) is 4.90 Å². The zero-order chi connectivity index (χ0) is 20.3. The molecule has 1 saturated heterocycles. The first-order chi connectivity index (χ1) is 13.4. The molecule has 2 aromatic carbocycles. The Kier molecular flexibility index (Phi) is 6.14. The molecule has 2 aromatic rings. The molecule has 0 spiro atoms. The van der Waals surface area contributed by atoms with Gasteiger partial charge < -0.3 is 14.6 Å². The number of hydrogen-bond donors (Lipinski definition) is 1. The van der Waals surface area contributed by atoms with Crippen LogP contribution in [0, 0.1) is 17.6 Å². The maximum absolute atomic E-state index is 14.7. The van der Waals surface area contributed by atoms with E-state index in [0.717, 1.165) is 6.07 Å². The standard InChI is InChI=1S/C21H23F2NO4/c1-27-15-4-6-19(28-2)17(12-15)20(16-5-3-14(22)11-18(16)23)24-9-7-13(8-10-24)21(25)26/h3-6,11-13,20H,7-10H2,1-2H3,(H,25,26). The lowest BCUT2D eigenvalue weighted by Gasteiger charge is -2.37. The average Bonchev–Trinajstić information content (AvgIpc) is 2.70. The fourth-order valence-corrected chi connectivity index (χ4v) is 3.74. The van der Waals surface area contributed by atoms with Gasteiger partial charge in [-0.25, -0.2) is 8.78 Å². The van der Waals surface area contributed by atoms with Crippen molar-refractivity contribution in [3.05, 3.63) is 59.2 Å².